The molecule has 0 aliphatic carbocycles. The third-order valence-corrected chi connectivity index (χ3v) is 20.3. The summed E-state index contributed by atoms with van der Waals surface area (Å²) in [4.78, 5) is 13.9. The first-order valence-electron chi connectivity index (χ1n) is 25.7. The molecule has 0 radical (unpaired) electrons. The zero-order valence-electron chi connectivity index (χ0n) is 45.3. The first-order valence-corrected chi connectivity index (χ1v) is 33.0. The molecule has 2 saturated heterocycles. The molecule has 2 fully saturated rings. The summed E-state index contributed by atoms with van der Waals surface area (Å²) >= 11 is 7.96. The van der Waals surface area contributed by atoms with E-state index in [0.29, 0.717) is 48.3 Å². The number of nitrogens with one attached hydrogen (secondary N) is 3. The molecule has 2 heterocycles. The number of benzene rings is 5. The molecule has 7 rings (SSSR count). The Balaban J connectivity index is 0.985. The minimum Gasteiger partial charge on any atom is -0.388 e. The molecule has 4 atom stereocenters. The van der Waals surface area contributed by atoms with Crippen molar-refractivity contribution in [1.82, 2.24) is 10.0 Å². The standard InChI is InChI=1S/C54H66ClF3N4O14P2S3/c1-52(2,3)75-78(66,76-53(4,5)6)72-33-32-71-77(65)73-35-48(74-77)59-29-26-40(36-79-42-16-11-8-12-17-42)60-46-25-24-43(34-47(46)80(67,68)54(56,57)58)81(69,70)61-51(64)39-20-22-41(23-21-39)62-30-27-38(28-31-62)50(63)49-44(18-13-19-45(49)55)37-14-9-7-10-15-37/h7-25,34,38,40,48,50,59-60,63H,26-33,35-36H2,1-6H3,(H,61,64)/t40-,48?,50-,77?/m1/s1. The smallest absolute Gasteiger partial charge is 0.388 e. The third kappa shape index (κ3) is 17.8. The Kier molecular flexibility index (Phi) is 21.2. The number of aliphatic hydroxyl groups is 1. The highest BCUT2D eigenvalue weighted by Gasteiger charge is 2.49. The van der Waals surface area contributed by atoms with E-state index in [0.717, 1.165) is 28.2 Å². The maximum atomic E-state index is 14.4. The molecule has 2 aliphatic heterocycles. The summed E-state index contributed by atoms with van der Waals surface area (Å²) in [7, 11) is -19.5. The number of anilines is 2. The first kappa shape index (κ1) is 64.2. The largest absolute Gasteiger partial charge is 0.501 e. The highest BCUT2D eigenvalue weighted by atomic mass is 35.5. The number of rotatable bonds is 24. The van der Waals surface area contributed by atoms with E-state index in [2.05, 4.69) is 15.5 Å². The molecule has 5 aromatic rings. The van der Waals surface area contributed by atoms with Crippen LogP contribution in [0.3, 0.4) is 0 Å². The minimum atomic E-state index is -6.22. The number of piperidine rings is 1. The van der Waals surface area contributed by atoms with E-state index < -0.39 is 98.6 Å². The molecular formula is C54H66ClF3N4O14P2S3. The van der Waals surface area contributed by atoms with Crippen molar-refractivity contribution in [2.75, 3.05) is 55.4 Å². The van der Waals surface area contributed by atoms with Gasteiger partial charge < -0.3 is 15.3 Å². The van der Waals surface area contributed by atoms with Crippen LogP contribution in [0.25, 0.3) is 11.1 Å². The van der Waals surface area contributed by atoms with Gasteiger partial charge in [-0.2, -0.15) is 13.2 Å². The minimum absolute atomic E-state index is 0.0336. The zero-order chi connectivity index (χ0) is 59.0. The lowest BCUT2D eigenvalue weighted by molar-refractivity contribution is -0.0436. The summed E-state index contributed by atoms with van der Waals surface area (Å²) in [6, 6.07) is 31.4. The lowest BCUT2D eigenvalue weighted by Crippen LogP contribution is -2.36. The van der Waals surface area contributed by atoms with E-state index in [1.165, 1.54) is 23.9 Å². The van der Waals surface area contributed by atoms with Crippen LogP contribution in [0.5, 0.6) is 0 Å². The second kappa shape index (κ2) is 26.7. The van der Waals surface area contributed by atoms with Crippen molar-refractivity contribution in [1.29, 1.82) is 0 Å². The Hall–Kier alpha value is -4.36. The van der Waals surface area contributed by atoms with E-state index in [1.54, 1.807) is 90.1 Å². The lowest BCUT2D eigenvalue weighted by atomic mass is 9.84. The van der Waals surface area contributed by atoms with Gasteiger partial charge in [-0.15, -0.1) is 11.8 Å². The number of aliphatic hydroxyl groups excluding tert-OH is 1. The Morgan fingerprint density at radius 1 is 0.864 bits per heavy atom. The fourth-order valence-corrected chi connectivity index (χ4v) is 15.1. The first-order chi connectivity index (χ1) is 37.9. The predicted molar refractivity (Wildman–Crippen MR) is 304 cm³/mol. The molecule has 2 aliphatic rings. The number of phosphoric acid groups is 2. The summed E-state index contributed by atoms with van der Waals surface area (Å²) in [6.45, 7) is 10.1. The maximum absolute atomic E-state index is 14.4. The number of halogens is 4. The van der Waals surface area contributed by atoms with Crippen molar-refractivity contribution in [3.05, 3.63) is 137 Å². The summed E-state index contributed by atoms with van der Waals surface area (Å²) in [5, 5.41) is 17.9. The van der Waals surface area contributed by atoms with Crippen LogP contribution in [0.15, 0.2) is 136 Å². The van der Waals surface area contributed by atoms with Crippen molar-refractivity contribution < 1.29 is 76.2 Å². The molecule has 0 spiro atoms. The number of thioether (sulfide) groups is 1. The van der Waals surface area contributed by atoms with Crippen molar-refractivity contribution in [3.63, 3.8) is 0 Å². The van der Waals surface area contributed by atoms with E-state index >= 15 is 0 Å². The van der Waals surface area contributed by atoms with Gasteiger partial charge in [0, 0.05) is 51.6 Å². The van der Waals surface area contributed by atoms with Crippen LogP contribution in [-0.2, 0) is 56.1 Å². The highest BCUT2D eigenvalue weighted by molar-refractivity contribution is 7.99. The number of carbonyl (C=O) groups excluding carboxylic acids is 1. The van der Waals surface area contributed by atoms with E-state index in [4.69, 9.17) is 38.7 Å². The Morgan fingerprint density at radius 3 is 2.11 bits per heavy atom. The summed E-state index contributed by atoms with van der Waals surface area (Å²) in [5.41, 5.74) is -5.21. The van der Waals surface area contributed by atoms with Crippen molar-refractivity contribution in [2.45, 2.75) is 111 Å². The number of alkyl halides is 3. The normalized spacial score (nSPS) is 18.6. The molecule has 1 amide bonds. The van der Waals surface area contributed by atoms with Gasteiger partial charge in [-0.25, -0.2) is 30.7 Å². The molecular weight excluding hydrogens is 1180 g/mol. The monoisotopic (exact) mass is 1240 g/mol. The molecule has 81 heavy (non-hydrogen) atoms. The summed E-state index contributed by atoms with van der Waals surface area (Å²) in [6.07, 6.45) is -0.545. The van der Waals surface area contributed by atoms with Gasteiger partial charge in [0.2, 0.25) is 0 Å². The number of carbonyl (C=O) groups is 1. The SMILES string of the molecule is CC(C)(C)OP(=O)(OCCOP1(=O)OCC(NCC[C@H](CSc2ccccc2)Nc2ccc(S(=O)(=O)NC(=O)c3ccc(N4CCC([C@@H](O)c5c(Cl)cccc5-c5ccccc5)CC4)cc3)cc2S(=O)(=O)C(F)(F)F)O1)OC(C)(C)C. The van der Waals surface area contributed by atoms with Gasteiger partial charge in [0.1, 0.15) is 11.1 Å². The Morgan fingerprint density at radius 2 is 1.49 bits per heavy atom. The number of amides is 1. The molecule has 27 heteroatoms. The number of phosphoric ester groups is 2. The maximum Gasteiger partial charge on any atom is 0.501 e. The van der Waals surface area contributed by atoms with Crippen LogP contribution >= 0.6 is 39.0 Å². The third-order valence-electron chi connectivity index (χ3n) is 12.4. The van der Waals surface area contributed by atoms with Crippen molar-refractivity contribution >= 4 is 76.2 Å². The molecule has 2 unspecified atom stereocenters. The van der Waals surface area contributed by atoms with Gasteiger partial charge in [0.25, 0.3) is 25.8 Å². The lowest BCUT2D eigenvalue weighted by Gasteiger charge is -2.36. The number of sulfonamides is 1. The molecule has 5 aromatic carbocycles. The molecule has 442 valence electrons. The van der Waals surface area contributed by atoms with Crippen LogP contribution in [-0.4, -0.2) is 102 Å². The average Bonchev–Trinajstić information content (AvgIpc) is 3.89. The van der Waals surface area contributed by atoms with E-state index in [9.17, 15) is 49.0 Å². The van der Waals surface area contributed by atoms with Crippen molar-refractivity contribution in [2.24, 2.45) is 5.92 Å². The molecule has 18 nitrogen and oxygen atoms in total. The number of hydrogen-bond acceptors (Lipinski definition) is 18. The second-order valence-electron chi connectivity index (χ2n) is 21.0. The Labute approximate surface area is 480 Å². The van der Waals surface area contributed by atoms with Gasteiger partial charge >= 0.3 is 21.2 Å². The fraction of sp³-hybridized carbons (Fsp3) is 0.426. The zero-order valence-corrected chi connectivity index (χ0v) is 50.3. The molecule has 4 N–H and O–H groups in total. The van der Waals surface area contributed by atoms with E-state index in [-0.39, 0.29) is 43.4 Å². The number of sulfone groups is 1. The van der Waals surface area contributed by atoms with Crippen LogP contribution < -0.4 is 20.3 Å². The van der Waals surface area contributed by atoms with Gasteiger partial charge in [0.15, 0.2) is 0 Å². The van der Waals surface area contributed by atoms with Crippen LogP contribution in [0.1, 0.15) is 82.8 Å². The highest BCUT2D eigenvalue weighted by Crippen LogP contribution is 2.57. The van der Waals surface area contributed by atoms with Crippen LogP contribution in [0, 0.1) is 5.92 Å². The van der Waals surface area contributed by atoms with Crippen molar-refractivity contribution in [3.8, 4) is 11.1 Å². The van der Waals surface area contributed by atoms with Gasteiger partial charge in [0.05, 0.1) is 47.7 Å². The van der Waals surface area contributed by atoms with Crippen LogP contribution in [0.2, 0.25) is 5.02 Å². The average molecular weight is 1250 g/mol. The van der Waals surface area contributed by atoms with Gasteiger partial charge in [-0.3, -0.25) is 37.3 Å². The topological polar surface area (TPSA) is 234 Å². The Bertz CT molecular complexity index is 3260. The predicted octanol–water partition coefficient (Wildman–Crippen LogP) is 12.2. The second-order valence-corrected chi connectivity index (χ2v) is 29.2. The summed E-state index contributed by atoms with van der Waals surface area (Å²) in [5.74, 6) is -1.09. The summed E-state index contributed by atoms with van der Waals surface area (Å²) < 4.78 is 158. The fourth-order valence-electron chi connectivity index (χ4n) is 8.74. The van der Waals surface area contributed by atoms with E-state index in [1.807, 2.05) is 47.2 Å². The quantitative estimate of drug-likeness (QED) is 0.0255. The molecule has 0 bridgehead atoms. The number of hydrogen-bond donors (Lipinski definition) is 4. The van der Waals surface area contributed by atoms with Gasteiger partial charge in [-0.1, -0.05) is 72.3 Å². The van der Waals surface area contributed by atoms with Gasteiger partial charge in [-0.05, 0) is 145 Å². The number of nitrogens with zero attached hydrogens (tertiary/aromatic N) is 1. The molecule has 0 saturated carbocycles. The molecule has 0 aromatic heterocycles. The van der Waals surface area contributed by atoms with Crippen LogP contribution in [0.4, 0.5) is 24.5 Å².